The summed E-state index contributed by atoms with van der Waals surface area (Å²) >= 11 is 0. The van der Waals surface area contributed by atoms with E-state index < -0.39 is 12.0 Å². The summed E-state index contributed by atoms with van der Waals surface area (Å²) in [6.45, 7) is 1.63. The molecule has 0 radical (unpaired) electrons. The van der Waals surface area contributed by atoms with E-state index in [1.54, 1.807) is 6.92 Å². The van der Waals surface area contributed by atoms with Gasteiger partial charge >= 0.3 is 5.97 Å². The summed E-state index contributed by atoms with van der Waals surface area (Å²) in [6, 6.07) is -0.565. The molecule has 78 valence electrons. The standard InChI is InChI=1S/C8H12N2O4/c1-4-6(8(13)10-14-4)2-5(9)3-7(11)12/h5H,2-3,9H2,1H3,(H,10,13)(H,11,12). The number of carboxylic acids is 1. The van der Waals surface area contributed by atoms with Crippen molar-refractivity contribution in [1.29, 1.82) is 0 Å². The molecule has 0 bridgehead atoms. The average Bonchev–Trinajstić information content (AvgIpc) is 2.34. The smallest absolute Gasteiger partial charge is 0.304 e. The van der Waals surface area contributed by atoms with Gasteiger partial charge in [0.2, 0.25) is 0 Å². The second-order valence-corrected chi connectivity index (χ2v) is 3.13. The SMILES string of the molecule is Cc1o[nH]c(=O)c1CC(N)CC(=O)O. The van der Waals surface area contributed by atoms with Crippen LogP contribution in [0, 0.1) is 6.92 Å². The third kappa shape index (κ3) is 2.46. The van der Waals surface area contributed by atoms with Crippen LogP contribution in [0.2, 0.25) is 0 Å². The maximum atomic E-state index is 11.1. The van der Waals surface area contributed by atoms with Gasteiger partial charge in [0.05, 0.1) is 12.0 Å². The Morgan fingerprint density at radius 3 is 2.79 bits per heavy atom. The number of hydrogen-bond acceptors (Lipinski definition) is 4. The van der Waals surface area contributed by atoms with Crippen molar-refractivity contribution in [1.82, 2.24) is 5.16 Å². The lowest BCUT2D eigenvalue weighted by atomic mass is 10.1. The number of carbonyl (C=O) groups is 1. The molecular formula is C8H12N2O4. The number of carboxylic acid groups (broad SMARTS) is 1. The van der Waals surface area contributed by atoms with Crippen LogP contribution in [0.1, 0.15) is 17.7 Å². The minimum atomic E-state index is -0.977. The molecule has 0 aromatic carbocycles. The van der Waals surface area contributed by atoms with Crippen molar-refractivity contribution >= 4 is 5.97 Å². The highest BCUT2D eigenvalue weighted by Crippen LogP contribution is 2.05. The molecule has 0 saturated carbocycles. The fraction of sp³-hybridized carbons (Fsp3) is 0.500. The number of nitrogens with two attached hydrogens (primary N) is 1. The summed E-state index contributed by atoms with van der Waals surface area (Å²) in [5.74, 6) is -0.522. The zero-order valence-corrected chi connectivity index (χ0v) is 7.74. The molecular weight excluding hydrogens is 188 g/mol. The van der Waals surface area contributed by atoms with E-state index in [1.807, 2.05) is 0 Å². The quantitative estimate of drug-likeness (QED) is 0.613. The number of nitrogens with one attached hydrogen (secondary N) is 1. The molecule has 0 aliphatic rings. The van der Waals surface area contributed by atoms with Gasteiger partial charge in [-0.15, -0.1) is 0 Å². The first-order valence-electron chi connectivity index (χ1n) is 4.15. The van der Waals surface area contributed by atoms with Crippen LogP contribution in [0.4, 0.5) is 0 Å². The Bertz CT molecular complexity index is 379. The fourth-order valence-corrected chi connectivity index (χ4v) is 1.20. The van der Waals surface area contributed by atoms with Gasteiger partial charge in [0.25, 0.3) is 5.56 Å². The normalized spacial score (nSPS) is 12.7. The molecule has 1 unspecified atom stereocenters. The second-order valence-electron chi connectivity index (χ2n) is 3.13. The molecule has 0 spiro atoms. The van der Waals surface area contributed by atoms with Crippen molar-refractivity contribution in [2.45, 2.75) is 25.8 Å². The van der Waals surface area contributed by atoms with Crippen molar-refractivity contribution in [2.75, 3.05) is 0 Å². The molecule has 6 heteroatoms. The number of aromatic nitrogens is 1. The van der Waals surface area contributed by atoms with Crippen LogP contribution < -0.4 is 11.3 Å². The van der Waals surface area contributed by atoms with Crippen molar-refractivity contribution in [2.24, 2.45) is 5.73 Å². The minimum Gasteiger partial charge on any atom is -0.481 e. The van der Waals surface area contributed by atoms with Gasteiger partial charge in [0, 0.05) is 6.04 Å². The van der Waals surface area contributed by atoms with Crippen LogP contribution in [0.25, 0.3) is 0 Å². The molecule has 0 saturated heterocycles. The van der Waals surface area contributed by atoms with Crippen LogP contribution >= 0.6 is 0 Å². The lowest BCUT2D eigenvalue weighted by molar-refractivity contribution is -0.137. The van der Waals surface area contributed by atoms with Crippen LogP contribution in [0.5, 0.6) is 0 Å². The summed E-state index contributed by atoms with van der Waals surface area (Å²) in [7, 11) is 0. The van der Waals surface area contributed by atoms with Crippen LogP contribution in [-0.4, -0.2) is 22.3 Å². The molecule has 1 rings (SSSR count). The zero-order valence-electron chi connectivity index (χ0n) is 7.74. The van der Waals surface area contributed by atoms with E-state index in [2.05, 4.69) is 5.16 Å². The molecule has 6 nitrogen and oxygen atoms in total. The fourth-order valence-electron chi connectivity index (χ4n) is 1.20. The number of rotatable bonds is 4. The summed E-state index contributed by atoms with van der Waals surface area (Å²) in [6.07, 6.45) is 0.0496. The first-order valence-corrected chi connectivity index (χ1v) is 4.15. The van der Waals surface area contributed by atoms with Gasteiger partial charge in [-0.05, 0) is 13.3 Å². The molecule has 0 aliphatic heterocycles. The van der Waals surface area contributed by atoms with Crippen molar-refractivity contribution < 1.29 is 14.4 Å². The molecule has 1 aromatic heterocycles. The number of aliphatic carboxylic acids is 1. The number of aryl methyl sites for hydroxylation is 1. The van der Waals surface area contributed by atoms with Gasteiger partial charge in [-0.2, -0.15) is 5.16 Å². The van der Waals surface area contributed by atoms with Crippen molar-refractivity contribution in [3.63, 3.8) is 0 Å². The second kappa shape index (κ2) is 4.10. The summed E-state index contributed by atoms with van der Waals surface area (Å²) in [5.41, 5.74) is 5.60. The molecule has 1 atom stereocenters. The maximum absolute atomic E-state index is 11.1. The monoisotopic (exact) mass is 200 g/mol. The van der Waals surface area contributed by atoms with Gasteiger partial charge in [-0.3, -0.25) is 9.59 Å². The topological polar surface area (TPSA) is 109 Å². The maximum Gasteiger partial charge on any atom is 0.304 e. The zero-order chi connectivity index (χ0) is 10.7. The number of hydrogen-bond donors (Lipinski definition) is 3. The first kappa shape index (κ1) is 10.5. The Labute approximate surface area is 79.7 Å². The summed E-state index contributed by atoms with van der Waals surface area (Å²) in [5, 5.41) is 10.6. The molecule has 0 amide bonds. The van der Waals surface area contributed by atoms with Gasteiger partial charge in [-0.25, -0.2) is 0 Å². The summed E-state index contributed by atoms with van der Waals surface area (Å²) < 4.78 is 4.76. The van der Waals surface area contributed by atoms with Gasteiger partial charge < -0.3 is 15.4 Å². The third-order valence-corrected chi connectivity index (χ3v) is 1.90. The molecule has 14 heavy (non-hydrogen) atoms. The van der Waals surface area contributed by atoms with Crippen molar-refractivity contribution in [3.05, 3.63) is 21.7 Å². The van der Waals surface area contributed by atoms with E-state index in [0.29, 0.717) is 11.3 Å². The van der Waals surface area contributed by atoms with Crippen LogP contribution in [0.15, 0.2) is 9.32 Å². The highest BCUT2D eigenvalue weighted by Gasteiger charge is 2.15. The molecule has 1 heterocycles. The van der Waals surface area contributed by atoms with Gasteiger partial charge in [-0.1, -0.05) is 0 Å². The van der Waals surface area contributed by atoms with Crippen LogP contribution in [-0.2, 0) is 11.2 Å². The van der Waals surface area contributed by atoms with Crippen LogP contribution in [0.3, 0.4) is 0 Å². The third-order valence-electron chi connectivity index (χ3n) is 1.90. The predicted molar refractivity (Wildman–Crippen MR) is 48.0 cm³/mol. The minimum absolute atomic E-state index is 0.163. The highest BCUT2D eigenvalue weighted by molar-refractivity contribution is 5.67. The van der Waals surface area contributed by atoms with Crippen molar-refractivity contribution in [3.8, 4) is 0 Å². The number of aromatic amines is 1. The van der Waals surface area contributed by atoms with E-state index >= 15 is 0 Å². The van der Waals surface area contributed by atoms with E-state index in [9.17, 15) is 9.59 Å². The Morgan fingerprint density at radius 2 is 2.36 bits per heavy atom. The Balaban J connectivity index is 2.69. The Morgan fingerprint density at radius 1 is 1.71 bits per heavy atom. The number of H-pyrrole nitrogens is 1. The van der Waals surface area contributed by atoms with E-state index in [-0.39, 0.29) is 18.4 Å². The highest BCUT2D eigenvalue weighted by atomic mass is 16.5. The first-order chi connectivity index (χ1) is 6.50. The lowest BCUT2D eigenvalue weighted by Crippen LogP contribution is -2.28. The molecule has 1 aromatic rings. The van der Waals surface area contributed by atoms with E-state index in [0.717, 1.165) is 0 Å². The molecule has 0 aliphatic carbocycles. The molecule has 0 fully saturated rings. The average molecular weight is 200 g/mol. The summed E-state index contributed by atoms with van der Waals surface area (Å²) in [4.78, 5) is 21.4. The van der Waals surface area contributed by atoms with Gasteiger partial charge in [0.15, 0.2) is 0 Å². The van der Waals surface area contributed by atoms with E-state index in [4.69, 9.17) is 15.4 Å². The van der Waals surface area contributed by atoms with Gasteiger partial charge in [0.1, 0.15) is 5.76 Å². The Kier molecular flexibility index (Phi) is 3.08. The molecule has 4 N–H and O–H groups in total. The predicted octanol–water partition coefficient (Wildman–Crippen LogP) is -0.379. The Hall–Kier alpha value is -1.56. The largest absolute Gasteiger partial charge is 0.481 e. The van der Waals surface area contributed by atoms with E-state index in [1.165, 1.54) is 0 Å². The lowest BCUT2D eigenvalue weighted by Gasteiger charge is -2.05.